The Morgan fingerprint density at radius 2 is 2.22 bits per heavy atom. The number of rotatable bonds is 3. The van der Waals surface area contributed by atoms with Crippen LogP contribution in [0.1, 0.15) is 26.8 Å². The van der Waals surface area contributed by atoms with E-state index in [1.165, 1.54) is 11.3 Å². The molecule has 1 aromatic carbocycles. The average Bonchev–Trinajstić information content (AvgIpc) is 3.37. The van der Waals surface area contributed by atoms with Gasteiger partial charge in [0.2, 0.25) is 0 Å². The maximum absolute atomic E-state index is 12.9. The zero-order chi connectivity index (χ0) is 18.4. The number of benzene rings is 1. The standard InChI is InChI=1S/C19H16N4O3S/c1-10-20-18(26-23-10)16-12-6-7-25-9-15(12)27-19(16)22-17(24)14-8-11-4-2-3-5-13(11)21-14/h2-5,8,21H,6-7,9H2,1H3,(H,22,24). The Hall–Kier alpha value is -2.97. The first kappa shape index (κ1) is 16.2. The van der Waals surface area contributed by atoms with Crippen LogP contribution in [0.3, 0.4) is 0 Å². The fourth-order valence-electron chi connectivity index (χ4n) is 3.31. The maximum atomic E-state index is 12.9. The van der Waals surface area contributed by atoms with E-state index in [-0.39, 0.29) is 5.91 Å². The van der Waals surface area contributed by atoms with Gasteiger partial charge in [-0.15, -0.1) is 11.3 Å². The van der Waals surface area contributed by atoms with E-state index in [2.05, 4.69) is 20.4 Å². The number of aryl methyl sites for hydroxylation is 1. The number of aromatic amines is 1. The number of carbonyl (C=O) groups excluding carboxylic acids is 1. The molecule has 0 aliphatic carbocycles. The smallest absolute Gasteiger partial charge is 0.272 e. The molecule has 2 N–H and O–H groups in total. The molecule has 0 spiro atoms. The third-order valence-electron chi connectivity index (χ3n) is 4.56. The first-order chi connectivity index (χ1) is 13.2. The third-order valence-corrected chi connectivity index (χ3v) is 5.68. The minimum Gasteiger partial charge on any atom is -0.376 e. The monoisotopic (exact) mass is 380 g/mol. The number of nitrogens with one attached hydrogen (secondary N) is 2. The topological polar surface area (TPSA) is 93.0 Å². The van der Waals surface area contributed by atoms with E-state index in [0.717, 1.165) is 33.3 Å². The number of nitrogens with zero attached hydrogens (tertiary/aromatic N) is 2. The molecule has 0 radical (unpaired) electrons. The first-order valence-corrected chi connectivity index (χ1v) is 9.43. The number of carbonyl (C=O) groups is 1. The van der Waals surface area contributed by atoms with Crippen LogP contribution < -0.4 is 5.32 Å². The number of H-pyrrole nitrogens is 1. The highest BCUT2D eigenvalue weighted by Gasteiger charge is 2.27. The zero-order valence-electron chi connectivity index (χ0n) is 14.5. The number of ether oxygens (including phenoxy) is 1. The number of para-hydroxylation sites is 1. The fraction of sp³-hybridized carbons (Fsp3) is 0.211. The van der Waals surface area contributed by atoms with Crippen molar-refractivity contribution >= 4 is 33.1 Å². The van der Waals surface area contributed by atoms with Crippen LogP contribution in [0.5, 0.6) is 0 Å². The van der Waals surface area contributed by atoms with Crippen LogP contribution in [0.2, 0.25) is 0 Å². The van der Waals surface area contributed by atoms with E-state index in [9.17, 15) is 4.79 Å². The lowest BCUT2D eigenvalue weighted by molar-refractivity contribution is 0.102. The molecule has 136 valence electrons. The third kappa shape index (κ3) is 2.83. The summed E-state index contributed by atoms with van der Waals surface area (Å²) < 4.78 is 11.0. The van der Waals surface area contributed by atoms with Gasteiger partial charge in [0.1, 0.15) is 10.7 Å². The van der Waals surface area contributed by atoms with Crippen molar-refractivity contribution < 1.29 is 14.1 Å². The minimum atomic E-state index is -0.205. The van der Waals surface area contributed by atoms with Crippen LogP contribution in [-0.2, 0) is 17.8 Å². The molecule has 1 aliphatic rings. The van der Waals surface area contributed by atoms with E-state index in [1.807, 2.05) is 30.3 Å². The molecule has 0 atom stereocenters. The quantitative estimate of drug-likeness (QED) is 0.562. The van der Waals surface area contributed by atoms with E-state index in [1.54, 1.807) is 6.92 Å². The van der Waals surface area contributed by atoms with Gasteiger partial charge >= 0.3 is 0 Å². The molecule has 0 saturated heterocycles. The minimum absolute atomic E-state index is 0.205. The Morgan fingerprint density at radius 3 is 3.04 bits per heavy atom. The van der Waals surface area contributed by atoms with Gasteiger partial charge in [-0.3, -0.25) is 4.79 Å². The van der Waals surface area contributed by atoms with Crippen molar-refractivity contribution in [1.82, 2.24) is 15.1 Å². The van der Waals surface area contributed by atoms with Crippen LogP contribution in [0.25, 0.3) is 22.4 Å². The van der Waals surface area contributed by atoms with Crippen LogP contribution in [-0.4, -0.2) is 27.6 Å². The van der Waals surface area contributed by atoms with Crippen molar-refractivity contribution in [1.29, 1.82) is 0 Å². The Labute approximate surface area is 158 Å². The predicted molar refractivity (Wildman–Crippen MR) is 102 cm³/mol. The highest BCUT2D eigenvalue weighted by molar-refractivity contribution is 7.17. The molecule has 1 amide bonds. The number of aromatic nitrogens is 3. The number of amides is 1. The van der Waals surface area contributed by atoms with Crippen molar-refractivity contribution in [3.8, 4) is 11.5 Å². The van der Waals surface area contributed by atoms with E-state index in [4.69, 9.17) is 9.26 Å². The number of fused-ring (bicyclic) bond motifs is 2. The van der Waals surface area contributed by atoms with Gasteiger partial charge in [-0.05, 0) is 31.0 Å². The highest BCUT2D eigenvalue weighted by atomic mass is 32.1. The predicted octanol–water partition coefficient (Wildman–Crippen LogP) is 3.91. The zero-order valence-corrected chi connectivity index (χ0v) is 15.4. The Bertz CT molecular complexity index is 1120. The van der Waals surface area contributed by atoms with E-state index >= 15 is 0 Å². The summed E-state index contributed by atoms with van der Waals surface area (Å²) in [5.41, 5.74) is 3.35. The molecule has 0 saturated carbocycles. The van der Waals surface area contributed by atoms with Gasteiger partial charge < -0.3 is 19.6 Å². The Morgan fingerprint density at radius 1 is 1.33 bits per heavy atom. The molecule has 4 aromatic rings. The van der Waals surface area contributed by atoms with Crippen LogP contribution in [0.15, 0.2) is 34.9 Å². The molecule has 3 aromatic heterocycles. The fourth-order valence-corrected chi connectivity index (χ4v) is 4.48. The van der Waals surface area contributed by atoms with Crippen LogP contribution in [0.4, 0.5) is 5.00 Å². The number of anilines is 1. The summed E-state index contributed by atoms with van der Waals surface area (Å²) in [6.07, 6.45) is 0.755. The number of thiophene rings is 1. The summed E-state index contributed by atoms with van der Waals surface area (Å²) >= 11 is 1.50. The molecule has 27 heavy (non-hydrogen) atoms. The lowest BCUT2D eigenvalue weighted by Crippen LogP contribution is -2.12. The van der Waals surface area contributed by atoms with Gasteiger partial charge in [-0.2, -0.15) is 4.98 Å². The normalized spacial score (nSPS) is 13.7. The Kier molecular flexibility index (Phi) is 3.80. The molecule has 0 fully saturated rings. The van der Waals surface area contributed by atoms with Crippen molar-refractivity contribution in [3.05, 3.63) is 52.3 Å². The Balaban J connectivity index is 1.54. The van der Waals surface area contributed by atoms with Crippen molar-refractivity contribution in [2.45, 2.75) is 20.0 Å². The van der Waals surface area contributed by atoms with Crippen molar-refractivity contribution in [2.75, 3.05) is 11.9 Å². The van der Waals surface area contributed by atoms with Gasteiger partial charge in [0.05, 0.1) is 18.8 Å². The molecule has 0 bridgehead atoms. The molecule has 5 rings (SSSR count). The summed E-state index contributed by atoms with van der Waals surface area (Å²) in [5, 5.41) is 8.62. The molecular formula is C19H16N4O3S. The molecule has 7 nitrogen and oxygen atoms in total. The SMILES string of the molecule is Cc1noc(-c2c(NC(=O)c3cc4ccccc4[nH]3)sc3c2CCOC3)n1. The van der Waals surface area contributed by atoms with Gasteiger partial charge in [0.25, 0.3) is 11.8 Å². The molecule has 8 heteroatoms. The second kappa shape index (κ2) is 6.33. The van der Waals surface area contributed by atoms with Crippen LogP contribution in [0, 0.1) is 6.92 Å². The van der Waals surface area contributed by atoms with Crippen LogP contribution >= 0.6 is 11.3 Å². The van der Waals surface area contributed by atoms with Gasteiger partial charge in [0, 0.05) is 15.8 Å². The lowest BCUT2D eigenvalue weighted by Gasteiger charge is -2.12. The highest BCUT2D eigenvalue weighted by Crippen LogP contribution is 2.42. The summed E-state index contributed by atoms with van der Waals surface area (Å²) in [6, 6.07) is 9.64. The van der Waals surface area contributed by atoms with Gasteiger partial charge in [-0.1, -0.05) is 23.4 Å². The summed E-state index contributed by atoms with van der Waals surface area (Å²) in [6.45, 7) is 2.94. The first-order valence-electron chi connectivity index (χ1n) is 8.61. The summed E-state index contributed by atoms with van der Waals surface area (Å²) in [4.78, 5) is 21.5. The molecule has 4 heterocycles. The van der Waals surface area contributed by atoms with Crippen molar-refractivity contribution in [2.24, 2.45) is 0 Å². The molecule has 0 unspecified atom stereocenters. The largest absolute Gasteiger partial charge is 0.376 e. The number of hydrogen-bond acceptors (Lipinski definition) is 6. The average molecular weight is 380 g/mol. The van der Waals surface area contributed by atoms with Crippen molar-refractivity contribution in [3.63, 3.8) is 0 Å². The second-order valence-electron chi connectivity index (χ2n) is 6.38. The lowest BCUT2D eigenvalue weighted by atomic mass is 10.1. The molecular weight excluding hydrogens is 364 g/mol. The number of hydrogen-bond donors (Lipinski definition) is 2. The summed E-state index contributed by atoms with van der Waals surface area (Å²) in [5.74, 6) is 0.784. The van der Waals surface area contributed by atoms with E-state index < -0.39 is 0 Å². The maximum Gasteiger partial charge on any atom is 0.272 e. The second-order valence-corrected chi connectivity index (χ2v) is 7.49. The summed E-state index contributed by atoms with van der Waals surface area (Å²) in [7, 11) is 0. The van der Waals surface area contributed by atoms with Gasteiger partial charge in [0.15, 0.2) is 5.82 Å². The molecule has 1 aliphatic heterocycles. The van der Waals surface area contributed by atoms with E-state index in [0.29, 0.717) is 35.6 Å². The van der Waals surface area contributed by atoms with Gasteiger partial charge in [-0.25, -0.2) is 0 Å².